The van der Waals surface area contributed by atoms with Crippen molar-refractivity contribution in [2.24, 2.45) is 5.10 Å². The molecule has 2 aromatic carbocycles. The summed E-state index contributed by atoms with van der Waals surface area (Å²) in [5.41, 5.74) is 2.90. The number of rotatable bonds is 9. The van der Waals surface area contributed by atoms with Crippen LogP contribution in [0.2, 0.25) is 10.0 Å². The third-order valence-corrected chi connectivity index (χ3v) is 4.00. The number of amides is 1. The smallest absolute Gasteiger partial charge is 0.277 e. The lowest BCUT2D eigenvalue weighted by molar-refractivity contribution is -0.123. The Morgan fingerprint density at radius 1 is 1.08 bits per heavy atom. The molecule has 0 aliphatic heterocycles. The third kappa shape index (κ3) is 6.58. The highest BCUT2D eigenvalue weighted by atomic mass is 35.5. The van der Waals surface area contributed by atoms with Crippen molar-refractivity contribution in [2.45, 2.75) is 19.8 Å². The van der Waals surface area contributed by atoms with Gasteiger partial charge in [0.25, 0.3) is 5.91 Å². The van der Waals surface area contributed by atoms with Crippen LogP contribution in [0.5, 0.6) is 11.5 Å². The number of hydrogen-bond acceptors (Lipinski definition) is 4. The molecule has 2 aromatic rings. The average Bonchev–Trinajstić information content (AvgIpc) is 2.64. The molecule has 0 bridgehead atoms. The molecule has 0 aromatic heterocycles. The molecule has 0 aliphatic rings. The van der Waals surface area contributed by atoms with Crippen molar-refractivity contribution in [1.82, 2.24) is 5.43 Å². The van der Waals surface area contributed by atoms with Gasteiger partial charge in [0.05, 0.1) is 22.9 Å². The van der Waals surface area contributed by atoms with Crippen LogP contribution in [-0.2, 0) is 4.79 Å². The van der Waals surface area contributed by atoms with E-state index >= 15 is 0 Å². The van der Waals surface area contributed by atoms with E-state index in [1.807, 2.05) is 0 Å². The number of carbonyl (C=O) groups excluding carboxylic acids is 1. The number of hydrogen-bond donors (Lipinski definition) is 1. The summed E-state index contributed by atoms with van der Waals surface area (Å²) in [6.07, 6.45) is 3.49. The summed E-state index contributed by atoms with van der Waals surface area (Å²) in [5.74, 6) is 0.949. The van der Waals surface area contributed by atoms with E-state index in [1.54, 1.807) is 42.5 Å². The van der Waals surface area contributed by atoms with E-state index in [2.05, 4.69) is 17.5 Å². The van der Waals surface area contributed by atoms with Gasteiger partial charge < -0.3 is 9.47 Å². The summed E-state index contributed by atoms with van der Waals surface area (Å²) in [5, 5.41) is 4.74. The van der Waals surface area contributed by atoms with Crippen LogP contribution in [0.25, 0.3) is 0 Å². The first-order chi connectivity index (χ1) is 12.6. The van der Waals surface area contributed by atoms with Crippen molar-refractivity contribution in [3.63, 3.8) is 0 Å². The number of carbonyl (C=O) groups is 1. The summed E-state index contributed by atoms with van der Waals surface area (Å²) in [6.45, 7) is 2.63. The first kappa shape index (κ1) is 20.1. The van der Waals surface area contributed by atoms with Crippen molar-refractivity contribution in [3.05, 3.63) is 58.1 Å². The molecule has 1 amide bonds. The number of benzene rings is 2. The van der Waals surface area contributed by atoms with Crippen LogP contribution in [0.3, 0.4) is 0 Å². The highest BCUT2D eigenvalue weighted by Crippen LogP contribution is 2.22. The van der Waals surface area contributed by atoms with Gasteiger partial charge in [-0.2, -0.15) is 5.10 Å². The van der Waals surface area contributed by atoms with Crippen LogP contribution in [0.15, 0.2) is 47.6 Å². The zero-order valence-corrected chi connectivity index (χ0v) is 15.9. The number of ether oxygens (including phenoxy) is 2. The Labute approximate surface area is 162 Å². The SMILES string of the molecule is CCCCOc1ccc(OCC(=O)N/N=C\c2c(Cl)cccc2Cl)cc1. The second-order valence-corrected chi connectivity index (χ2v) is 6.21. The van der Waals surface area contributed by atoms with Gasteiger partial charge in [-0.05, 0) is 42.8 Å². The molecule has 0 saturated carbocycles. The summed E-state index contributed by atoms with van der Waals surface area (Å²) in [6, 6.07) is 12.2. The topological polar surface area (TPSA) is 59.9 Å². The second-order valence-electron chi connectivity index (χ2n) is 5.39. The molecule has 0 spiro atoms. The first-order valence-corrected chi connectivity index (χ1v) is 8.97. The van der Waals surface area contributed by atoms with Crippen molar-refractivity contribution < 1.29 is 14.3 Å². The molecule has 0 unspecified atom stereocenters. The molecule has 7 heteroatoms. The zero-order chi connectivity index (χ0) is 18.8. The van der Waals surface area contributed by atoms with E-state index in [0.29, 0.717) is 28.0 Å². The van der Waals surface area contributed by atoms with Crippen LogP contribution >= 0.6 is 23.2 Å². The monoisotopic (exact) mass is 394 g/mol. The lowest BCUT2D eigenvalue weighted by Crippen LogP contribution is -2.24. The van der Waals surface area contributed by atoms with Gasteiger partial charge in [0.15, 0.2) is 6.61 Å². The number of nitrogens with one attached hydrogen (secondary N) is 1. The number of nitrogens with zero attached hydrogens (tertiary/aromatic N) is 1. The van der Waals surface area contributed by atoms with Gasteiger partial charge in [0.2, 0.25) is 0 Å². The van der Waals surface area contributed by atoms with Gasteiger partial charge in [-0.1, -0.05) is 42.6 Å². The van der Waals surface area contributed by atoms with Crippen molar-refractivity contribution in [1.29, 1.82) is 0 Å². The van der Waals surface area contributed by atoms with Gasteiger partial charge in [-0.25, -0.2) is 5.43 Å². The van der Waals surface area contributed by atoms with Gasteiger partial charge in [0, 0.05) is 5.56 Å². The molecule has 0 aliphatic carbocycles. The fraction of sp³-hybridized carbons (Fsp3) is 0.263. The lowest BCUT2D eigenvalue weighted by Gasteiger charge is -2.08. The minimum absolute atomic E-state index is 0.163. The molecule has 2 rings (SSSR count). The predicted molar refractivity (Wildman–Crippen MR) is 105 cm³/mol. The van der Waals surface area contributed by atoms with Crippen molar-refractivity contribution in [3.8, 4) is 11.5 Å². The van der Waals surface area contributed by atoms with Crippen LogP contribution in [0.4, 0.5) is 0 Å². The van der Waals surface area contributed by atoms with Crippen LogP contribution in [0.1, 0.15) is 25.3 Å². The van der Waals surface area contributed by atoms with E-state index in [-0.39, 0.29) is 6.61 Å². The van der Waals surface area contributed by atoms with Crippen LogP contribution < -0.4 is 14.9 Å². The number of hydrazone groups is 1. The Bertz CT molecular complexity index is 729. The molecular weight excluding hydrogens is 375 g/mol. The summed E-state index contributed by atoms with van der Waals surface area (Å²) < 4.78 is 11.0. The Kier molecular flexibility index (Phi) is 8.25. The Hall–Kier alpha value is -2.24. The van der Waals surface area contributed by atoms with Crippen molar-refractivity contribution >= 4 is 35.3 Å². The van der Waals surface area contributed by atoms with Gasteiger partial charge in [-0.3, -0.25) is 4.79 Å². The lowest BCUT2D eigenvalue weighted by atomic mass is 10.2. The van der Waals surface area contributed by atoms with E-state index in [0.717, 1.165) is 18.6 Å². The molecule has 0 atom stereocenters. The average molecular weight is 395 g/mol. The standard InChI is InChI=1S/C19H20Cl2N2O3/c1-2-3-11-25-14-7-9-15(10-8-14)26-13-19(24)23-22-12-16-17(20)5-4-6-18(16)21/h4-10,12H,2-3,11,13H2,1H3,(H,23,24)/b22-12-. The van der Waals surface area contributed by atoms with E-state index < -0.39 is 5.91 Å². The Balaban J connectivity index is 1.77. The summed E-state index contributed by atoms with van der Waals surface area (Å²) in [4.78, 5) is 11.8. The molecule has 0 radical (unpaired) electrons. The van der Waals surface area contributed by atoms with E-state index in [4.69, 9.17) is 32.7 Å². The van der Waals surface area contributed by atoms with E-state index in [1.165, 1.54) is 6.21 Å². The quantitative estimate of drug-likeness (QED) is 0.380. The number of unbranched alkanes of at least 4 members (excludes halogenated alkanes) is 1. The largest absolute Gasteiger partial charge is 0.494 e. The predicted octanol–water partition coefficient (Wildman–Crippen LogP) is 4.70. The maximum Gasteiger partial charge on any atom is 0.277 e. The molecule has 0 heterocycles. The zero-order valence-electron chi connectivity index (χ0n) is 14.4. The van der Waals surface area contributed by atoms with E-state index in [9.17, 15) is 4.79 Å². The molecule has 5 nitrogen and oxygen atoms in total. The maximum atomic E-state index is 11.8. The molecule has 1 N–H and O–H groups in total. The highest BCUT2D eigenvalue weighted by molar-refractivity contribution is 6.38. The summed E-state index contributed by atoms with van der Waals surface area (Å²) in [7, 11) is 0. The molecular formula is C19H20Cl2N2O3. The summed E-state index contributed by atoms with van der Waals surface area (Å²) >= 11 is 12.0. The highest BCUT2D eigenvalue weighted by Gasteiger charge is 2.04. The molecule has 138 valence electrons. The normalized spacial score (nSPS) is 10.7. The molecule has 26 heavy (non-hydrogen) atoms. The van der Waals surface area contributed by atoms with Gasteiger partial charge in [0.1, 0.15) is 11.5 Å². The minimum Gasteiger partial charge on any atom is -0.494 e. The minimum atomic E-state index is -0.396. The maximum absolute atomic E-state index is 11.8. The number of halogens is 2. The fourth-order valence-corrected chi connectivity index (χ4v) is 2.45. The van der Waals surface area contributed by atoms with Crippen LogP contribution in [-0.4, -0.2) is 25.3 Å². The van der Waals surface area contributed by atoms with Gasteiger partial charge >= 0.3 is 0 Å². The molecule has 0 saturated heterocycles. The third-order valence-electron chi connectivity index (χ3n) is 3.34. The van der Waals surface area contributed by atoms with Gasteiger partial charge in [-0.15, -0.1) is 0 Å². The fourth-order valence-electron chi connectivity index (χ4n) is 1.95. The Morgan fingerprint density at radius 3 is 2.31 bits per heavy atom. The second kappa shape index (κ2) is 10.7. The van der Waals surface area contributed by atoms with Crippen LogP contribution in [0, 0.1) is 0 Å². The Morgan fingerprint density at radius 2 is 1.69 bits per heavy atom. The molecule has 0 fully saturated rings. The van der Waals surface area contributed by atoms with Crippen molar-refractivity contribution in [2.75, 3.05) is 13.2 Å². The first-order valence-electron chi connectivity index (χ1n) is 8.21.